The van der Waals surface area contributed by atoms with Crippen LogP contribution in [-0.4, -0.2) is 16.8 Å². The first kappa shape index (κ1) is 17.8. The van der Waals surface area contributed by atoms with Gasteiger partial charge in [-0.05, 0) is 48.2 Å². The summed E-state index contributed by atoms with van der Waals surface area (Å²) in [7, 11) is 0. The zero-order chi connectivity index (χ0) is 18.4. The highest BCUT2D eigenvalue weighted by Crippen LogP contribution is 2.40. The Labute approximate surface area is 155 Å². The number of rotatable bonds is 4. The molecule has 3 rings (SSSR count). The van der Waals surface area contributed by atoms with Crippen LogP contribution in [0.25, 0.3) is 0 Å². The summed E-state index contributed by atoms with van der Waals surface area (Å²) >= 11 is 3.35. The van der Waals surface area contributed by atoms with Gasteiger partial charge >= 0.3 is 0 Å². The van der Waals surface area contributed by atoms with Crippen LogP contribution in [0.2, 0.25) is 0 Å². The predicted octanol–water partition coefficient (Wildman–Crippen LogP) is 4.29. The third-order valence-electron chi connectivity index (χ3n) is 4.70. The van der Waals surface area contributed by atoms with Crippen LogP contribution < -0.4 is 5.32 Å². The Hall–Kier alpha value is -1.98. The highest BCUT2D eigenvalue weighted by Gasteiger charge is 2.47. The molecule has 1 heterocycles. The number of benzene rings is 2. The van der Waals surface area contributed by atoms with Crippen molar-refractivity contribution in [2.75, 3.05) is 5.32 Å². The minimum absolute atomic E-state index is 0.245. The number of Topliss-reactive ketones (excluding diaryl/α,β-unsaturated/α-hetero) is 1. The second kappa shape index (κ2) is 6.39. The highest BCUT2D eigenvalue weighted by atomic mass is 79.9. The van der Waals surface area contributed by atoms with Crippen LogP contribution in [0.1, 0.15) is 53.2 Å². The van der Waals surface area contributed by atoms with Gasteiger partial charge in [-0.2, -0.15) is 0 Å². The van der Waals surface area contributed by atoms with Gasteiger partial charge in [0.1, 0.15) is 0 Å². The molecule has 5 heteroatoms. The van der Waals surface area contributed by atoms with Gasteiger partial charge in [0.25, 0.3) is 5.91 Å². The standard InChI is InChI=1S/C20H20BrNO3/c1-11(2)13-5-4-12(3)15(8-13)18(23)10-20(25)16-9-14(21)6-7-17(16)22-19(20)24/h4-9,11,25H,10H2,1-3H3,(H,22,24)/t20-/m1/s1. The molecule has 0 aromatic heterocycles. The van der Waals surface area contributed by atoms with Gasteiger partial charge in [0.15, 0.2) is 11.4 Å². The number of halogens is 1. The van der Waals surface area contributed by atoms with E-state index in [4.69, 9.17) is 0 Å². The van der Waals surface area contributed by atoms with E-state index >= 15 is 0 Å². The van der Waals surface area contributed by atoms with Crippen LogP contribution in [-0.2, 0) is 10.4 Å². The molecule has 0 bridgehead atoms. The third-order valence-corrected chi connectivity index (χ3v) is 5.19. The van der Waals surface area contributed by atoms with Gasteiger partial charge in [0.2, 0.25) is 0 Å². The molecule has 1 aliphatic rings. The lowest BCUT2D eigenvalue weighted by molar-refractivity contribution is -0.133. The maximum atomic E-state index is 12.9. The SMILES string of the molecule is Cc1ccc(C(C)C)cc1C(=O)C[C@]1(O)C(=O)Nc2ccc(Br)cc21. The molecule has 2 aromatic rings. The summed E-state index contributed by atoms with van der Waals surface area (Å²) < 4.78 is 0.742. The smallest absolute Gasteiger partial charge is 0.261 e. The van der Waals surface area contributed by atoms with Gasteiger partial charge in [-0.25, -0.2) is 0 Å². The average Bonchev–Trinajstić information content (AvgIpc) is 2.78. The summed E-state index contributed by atoms with van der Waals surface area (Å²) in [6, 6.07) is 10.9. The first-order chi connectivity index (χ1) is 11.7. The van der Waals surface area contributed by atoms with Crippen LogP contribution in [0.15, 0.2) is 40.9 Å². The van der Waals surface area contributed by atoms with E-state index in [-0.39, 0.29) is 12.2 Å². The number of amides is 1. The molecular formula is C20H20BrNO3. The molecule has 1 atom stereocenters. The molecule has 2 N–H and O–H groups in total. The lowest BCUT2D eigenvalue weighted by Crippen LogP contribution is -2.36. The summed E-state index contributed by atoms with van der Waals surface area (Å²) in [5.74, 6) is -0.515. The Kier molecular flexibility index (Phi) is 4.56. The van der Waals surface area contributed by atoms with E-state index in [1.54, 1.807) is 18.2 Å². The van der Waals surface area contributed by atoms with Crippen LogP contribution in [0.5, 0.6) is 0 Å². The summed E-state index contributed by atoms with van der Waals surface area (Å²) in [6.07, 6.45) is -0.287. The highest BCUT2D eigenvalue weighted by molar-refractivity contribution is 9.10. The van der Waals surface area contributed by atoms with E-state index < -0.39 is 11.5 Å². The number of carbonyl (C=O) groups is 2. The molecular weight excluding hydrogens is 382 g/mol. The van der Waals surface area contributed by atoms with Gasteiger partial charge in [-0.1, -0.05) is 41.9 Å². The van der Waals surface area contributed by atoms with E-state index in [1.807, 2.05) is 25.1 Å². The number of aliphatic hydroxyl groups is 1. The lowest BCUT2D eigenvalue weighted by Gasteiger charge is -2.21. The van der Waals surface area contributed by atoms with Gasteiger partial charge < -0.3 is 10.4 Å². The molecule has 0 unspecified atom stereocenters. The maximum absolute atomic E-state index is 12.9. The van der Waals surface area contributed by atoms with Crippen molar-refractivity contribution >= 4 is 33.3 Å². The predicted molar refractivity (Wildman–Crippen MR) is 101 cm³/mol. The Morgan fingerprint density at radius 3 is 2.64 bits per heavy atom. The van der Waals surface area contributed by atoms with E-state index in [0.29, 0.717) is 22.7 Å². The Bertz CT molecular complexity index is 875. The van der Waals surface area contributed by atoms with Crippen molar-refractivity contribution in [2.24, 2.45) is 0 Å². The fourth-order valence-corrected chi connectivity index (χ4v) is 3.48. The molecule has 0 fully saturated rings. The number of nitrogens with one attached hydrogen (secondary N) is 1. The number of ketones is 1. The van der Waals surface area contributed by atoms with Crippen LogP contribution >= 0.6 is 15.9 Å². The van der Waals surface area contributed by atoms with Crippen LogP contribution in [0.4, 0.5) is 5.69 Å². The van der Waals surface area contributed by atoms with Crippen molar-refractivity contribution in [3.05, 3.63) is 63.1 Å². The van der Waals surface area contributed by atoms with Gasteiger partial charge in [-0.15, -0.1) is 0 Å². The zero-order valence-electron chi connectivity index (χ0n) is 14.4. The summed E-state index contributed by atoms with van der Waals surface area (Å²) in [6.45, 7) is 5.98. The Morgan fingerprint density at radius 1 is 1.24 bits per heavy atom. The number of hydrogen-bond donors (Lipinski definition) is 2. The van der Waals surface area contributed by atoms with Crippen LogP contribution in [0.3, 0.4) is 0 Å². The molecule has 25 heavy (non-hydrogen) atoms. The van der Waals surface area contributed by atoms with Crippen molar-refractivity contribution < 1.29 is 14.7 Å². The number of hydrogen-bond acceptors (Lipinski definition) is 3. The Morgan fingerprint density at radius 2 is 1.96 bits per heavy atom. The first-order valence-electron chi connectivity index (χ1n) is 8.20. The van der Waals surface area contributed by atoms with E-state index in [0.717, 1.165) is 15.6 Å². The van der Waals surface area contributed by atoms with Crippen molar-refractivity contribution in [3.8, 4) is 0 Å². The molecule has 0 saturated carbocycles. The zero-order valence-corrected chi connectivity index (χ0v) is 16.0. The number of carbonyl (C=O) groups excluding carboxylic acids is 2. The summed E-state index contributed by atoms with van der Waals surface area (Å²) in [5, 5.41) is 13.6. The quantitative estimate of drug-likeness (QED) is 0.750. The molecule has 2 aromatic carbocycles. The Balaban J connectivity index is 1.98. The number of fused-ring (bicyclic) bond motifs is 1. The molecule has 0 aliphatic carbocycles. The molecule has 1 aliphatic heterocycles. The summed E-state index contributed by atoms with van der Waals surface area (Å²) in [5.41, 5.74) is 1.56. The summed E-state index contributed by atoms with van der Waals surface area (Å²) in [4.78, 5) is 25.3. The normalized spacial score (nSPS) is 19.0. The van der Waals surface area contributed by atoms with Crippen molar-refractivity contribution in [2.45, 2.75) is 38.7 Å². The molecule has 0 spiro atoms. The number of anilines is 1. The number of aryl methyl sites for hydroxylation is 1. The van der Waals surface area contributed by atoms with Gasteiger partial charge in [0.05, 0.1) is 6.42 Å². The first-order valence-corrected chi connectivity index (χ1v) is 8.99. The van der Waals surface area contributed by atoms with Crippen LogP contribution in [0, 0.1) is 6.92 Å². The van der Waals surface area contributed by atoms with Crippen molar-refractivity contribution in [3.63, 3.8) is 0 Å². The molecule has 4 nitrogen and oxygen atoms in total. The van der Waals surface area contributed by atoms with Gasteiger partial charge in [-0.3, -0.25) is 9.59 Å². The monoisotopic (exact) mass is 401 g/mol. The minimum atomic E-state index is -1.85. The molecule has 0 saturated heterocycles. The fraction of sp³-hybridized carbons (Fsp3) is 0.300. The minimum Gasteiger partial charge on any atom is -0.375 e. The van der Waals surface area contributed by atoms with Crippen molar-refractivity contribution in [1.29, 1.82) is 0 Å². The topological polar surface area (TPSA) is 66.4 Å². The van der Waals surface area contributed by atoms with Gasteiger partial charge in [0, 0.05) is 21.3 Å². The molecule has 1 amide bonds. The van der Waals surface area contributed by atoms with Crippen molar-refractivity contribution in [1.82, 2.24) is 0 Å². The largest absolute Gasteiger partial charge is 0.375 e. The maximum Gasteiger partial charge on any atom is 0.261 e. The second-order valence-corrected chi connectivity index (χ2v) is 7.75. The third kappa shape index (κ3) is 3.14. The average molecular weight is 402 g/mol. The van der Waals surface area contributed by atoms with E-state index in [2.05, 4.69) is 35.1 Å². The molecule has 0 radical (unpaired) electrons. The lowest BCUT2D eigenvalue weighted by atomic mass is 9.86. The fourth-order valence-electron chi connectivity index (χ4n) is 3.12. The second-order valence-electron chi connectivity index (χ2n) is 6.83. The van der Waals surface area contributed by atoms with E-state index in [1.165, 1.54) is 0 Å². The molecule has 130 valence electrons. The van der Waals surface area contributed by atoms with E-state index in [9.17, 15) is 14.7 Å².